The van der Waals surface area contributed by atoms with E-state index in [0.29, 0.717) is 23.1 Å². The Balaban J connectivity index is 1.72. The van der Waals surface area contributed by atoms with Gasteiger partial charge in [0.15, 0.2) is 6.10 Å². The summed E-state index contributed by atoms with van der Waals surface area (Å²) in [4.78, 5) is 23.5. The Bertz CT molecular complexity index is 1010. The van der Waals surface area contributed by atoms with Crippen LogP contribution in [0.3, 0.4) is 0 Å². The molecule has 2 fully saturated rings. The Morgan fingerprint density at radius 1 is 1.21 bits per heavy atom. The highest BCUT2D eigenvalue weighted by atomic mass is 16.8. The Kier molecular flexibility index (Phi) is 4.66. The van der Waals surface area contributed by atoms with Gasteiger partial charge in [-0.3, -0.25) is 0 Å². The van der Waals surface area contributed by atoms with E-state index in [0.717, 1.165) is 6.07 Å². The van der Waals surface area contributed by atoms with Gasteiger partial charge in [0, 0.05) is 12.7 Å². The lowest BCUT2D eigenvalue weighted by atomic mass is 9.86. The molecule has 0 amide bonds. The Labute approximate surface area is 166 Å². The molecule has 2 aromatic rings. The summed E-state index contributed by atoms with van der Waals surface area (Å²) in [5.74, 6) is 0.173. The van der Waals surface area contributed by atoms with Gasteiger partial charge in [-0.05, 0) is 32.4 Å². The van der Waals surface area contributed by atoms with Gasteiger partial charge in [0.1, 0.15) is 23.2 Å². The van der Waals surface area contributed by atoms with Crippen LogP contribution >= 0.6 is 0 Å². The molecule has 29 heavy (non-hydrogen) atoms. The van der Waals surface area contributed by atoms with Crippen molar-refractivity contribution in [2.24, 2.45) is 0 Å². The Morgan fingerprint density at radius 2 is 1.93 bits per heavy atom. The van der Waals surface area contributed by atoms with Crippen molar-refractivity contribution < 1.29 is 38.0 Å². The molecule has 156 valence electrons. The average molecular weight is 406 g/mol. The summed E-state index contributed by atoms with van der Waals surface area (Å²) < 4.78 is 33.6. The van der Waals surface area contributed by atoms with Crippen LogP contribution in [0.25, 0.3) is 11.0 Å². The maximum absolute atomic E-state index is 11.8. The lowest BCUT2D eigenvalue weighted by Crippen LogP contribution is -2.63. The van der Waals surface area contributed by atoms with Crippen LogP contribution in [-0.2, 0) is 18.9 Å². The van der Waals surface area contributed by atoms with Crippen molar-refractivity contribution in [1.29, 1.82) is 0 Å². The summed E-state index contributed by atoms with van der Waals surface area (Å²) in [5.41, 5.74) is -0.770. The zero-order valence-corrected chi connectivity index (χ0v) is 16.5. The van der Waals surface area contributed by atoms with Crippen LogP contribution in [0.5, 0.6) is 11.5 Å². The number of carbonyl (C=O) groups is 1. The minimum absolute atomic E-state index is 0.181. The van der Waals surface area contributed by atoms with E-state index in [1.165, 1.54) is 7.11 Å². The molecule has 9 heteroatoms. The van der Waals surface area contributed by atoms with E-state index < -0.39 is 42.0 Å². The highest BCUT2D eigenvalue weighted by molar-refractivity contribution is 5.87. The molecular formula is C20H22O9. The van der Waals surface area contributed by atoms with Gasteiger partial charge in [-0.1, -0.05) is 6.92 Å². The largest absolute Gasteiger partial charge is 0.509 e. The third kappa shape index (κ3) is 3.10. The van der Waals surface area contributed by atoms with Crippen molar-refractivity contribution in [2.45, 2.75) is 57.4 Å². The lowest BCUT2D eigenvalue weighted by molar-refractivity contribution is -0.289. The number of aryl methyl sites for hydroxylation is 1. The van der Waals surface area contributed by atoms with Crippen LogP contribution in [0.2, 0.25) is 0 Å². The molecule has 4 rings (SSSR count). The minimum Gasteiger partial charge on any atom is -0.507 e. The molecule has 0 saturated carbocycles. The SMILES string of the molecule is CC[C@]1(C)OC(Oc2ccc3c(O)cc(=O)oc3c2C)[C@@H]2OC(=O)O[C@@H]2[C@H]1OC. The highest BCUT2D eigenvalue weighted by Gasteiger charge is 2.59. The zero-order valence-electron chi connectivity index (χ0n) is 16.5. The molecular weight excluding hydrogens is 384 g/mol. The van der Waals surface area contributed by atoms with Crippen LogP contribution in [0.4, 0.5) is 4.79 Å². The van der Waals surface area contributed by atoms with Crippen LogP contribution in [0.15, 0.2) is 27.4 Å². The summed E-state index contributed by atoms with van der Waals surface area (Å²) in [6.07, 6.45) is -3.27. The molecule has 3 heterocycles. The van der Waals surface area contributed by atoms with E-state index in [-0.39, 0.29) is 11.3 Å². The lowest BCUT2D eigenvalue weighted by Gasteiger charge is -2.46. The fourth-order valence-electron chi connectivity index (χ4n) is 3.91. The second-order valence-corrected chi connectivity index (χ2v) is 7.36. The summed E-state index contributed by atoms with van der Waals surface area (Å²) in [6, 6.07) is 4.20. The number of ether oxygens (including phenoxy) is 5. The summed E-state index contributed by atoms with van der Waals surface area (Å²) in [5, 5.41) is 10.4. The Hall–Kier alpha value is -2.78. The van der Waals surface area contributed by atoms with Crippen molar-refractivity contribution in [3.8, 4) is 11.5 Å². The van der Waals surface area contributed by atoms with E-state index >= 15 is 0 Å². The molecule has 0 spiro atoms. The van der Waals surface area contributed by atoms with E-state index in [1.807, 2.05) is 13.8 Å². The number of methoxy groups -OCH3 is 1. The summed E-state index contributed by atoms with van der Waals surface area (Å²) in [7, 11) is 1.52. The number of benzene rings is 1. The van der Waals surface area contributed by atoms with Gasteiger partial charge in [0.2, 0.25) is 12.4 Å². The van der Waals surface area contributed by atoms with E-state index in [4.69, 9.17) is 28.1 Å². The van der Waals surface area contributed by atoms with Crippen molar-refractivity contribution in [3.05, 3.63) is 34.2 Å². The van der Waals surface area contributed by atoms with Gasteiger partial charge in [-0.15, -0.1) is 0 Å². The second kappa shape index (κ2) is 6.93. The molecule has 1 N–H and O–H groups in total. The van der Waals surface area contributed by atoms with Crippen LogP contribution in [-0.4, -0.2) is 48.6 Å². The van der Waals surface area contributed by atoms with E-state index in [2.05, 4.69) is 0 Å². The van der Waals surface area contributed by atoms with Crippen LogP contribution < -0.4 is 10.4 Å². The molecule has 0 radical (unpaired) electrons. The molecule has 0 bridgehead atoms. The molecule has 0 aliphatic carbocycles. The fourth-order valence-corrected chi connectivity index (χ4v) is 3.91. The first-order chi connectivity index (χ1) is 13.8. The molecule has 2 aliphatic heterocycles. The van der Waals surface area contributed by atoms with E-state index in [9.17, 15) is 14.7 Å². The minimum atomic E-state index is -0.969. The average Bonchev–Trinajstić information content (AvgIpc) is 3.05. The van der Waals surface area contributed by atoms with Crippen molar-refractivity contribution in [2.75, 3.05) is 7.11 Å². The predicted molar refractivity (Wildman–Crippen MR) is 99.0 cm³/mol. The normalized spacial score (nSPS) is 31.2. The first-order valence-corrected chi connectivity index (χ1v) is 9.28. The molecule has 1 aromatic carbocycles. The van der Waals surface area contributed by atoms with E-state index in [1.54, 1.807) is 19.1 Å². The number of carbonyl (C=O) groups excluding carboxylic acids is 1. The van der Waals surface area contributed by atoms with Crippen molar-refractivity contribution >= 4 is 17.1 Å². The number of fused-ring (bicyclic) bond motifs is 2. The van der Waals surface area contributed by atoms with Crippen LogP contribution in [0.1, 0.15) is 25.8 Å². The fraction of sp³-hybridized carbons (Fsp3) is 0.500. The second-order valence-electron chi connectivity index (χ2n) is 7.36. The third-order valence-electron chi connectivity index (χ3n) is 5.63. The van der Waals surface area contributed by atoms with Gasteiger partial charge < -0.3 is 33.2 Å². The molecule has 2 saturated heterocycles. The first-order valence-electron chi connectivity index (χ1n) is 9.28. The number of hydrogen-bond donors (Lipinski definition) is 1. The van der Waals surface area contributed by atoms with Crippen LogP contribution in [0, 0.1) is 6.92 Å². The third-order valence-corrected chi connectivity index (χ3v) is 5.63. The first kappa shape index (κ1) is 19.5. The van der Waals surface area contributed by atoms with Gasteiger partial charge in [-0.25, -0.2) is 9.59 Å². The summed E-state index contributed by atoms with van der Waals surface area (Å²) in [6.45, 7) is 5.47. The number of rotatable bonds is 4. The standard InChI is InChI=1S/C20H22O9/c1-5-20(3)17(24-4)15-16(28-19(23)27-15)18(29-20)25-12-7-6-10-11(21)8-13(22)26-14(10)9(12)2/h6-8,15-18,21H,5H2,1-4H3/t15-,16+,17+,18?,20-/m0/s1. The molecule has 1 aromatic heterocycles. The number of hydrogen-bond acceptors (Lipinski definition) is 9. The van der Waals surface area contributed by atoms with Gasteiger partial charge in [0.05, 0.1) is 17.1 Å². The zero-order chi connectivity index (χ0) is 20.9. The summed E-state index contributed by atoms with van der Waals surface area (Å²) >= 11 is 0. The highest BCUT2D eigenvalue weighted by Crippen LogP contribution is 2.41. The van der Waals surface area contributed by atoms with Crippen molar-refractivity contribution in [1.82, 2.24) is 0 Å². The Morgan fingerprint density at radius 3 is 2.62 bits per heavy atom. The number of aromatic hydroxyl groups is 1. The monoisotopic (exact) mass is 406 g/mol. The molecule has 9 nitrogen and oxygen atoms in total. The molecule has 2 aliphatic rings. The smallest absolute Gasteiger partial charge is 0.507 e. The molecule has 1 unspecified atom stereocenters. The van der Waals surface area contributed by atoms with Gasteiger partial charge in [0.25, 0.3) is 0 Å². The van der Waals surface area contributed by atoms with Crippen molar-refractivity contribution in [3.63, 3.8) is 0 Å². The quantitative estimate of drug-likeness (QED) is 0.604. The predicted octanol–water partition coefficient (Wildman–Crippen LogP) is 2.63. The molecule has 5 atom stereocenters. The van der Waals surface area contributed by atoms with Gasteiger partial charge >= 0.3 is 11.8 Å². The maximum Gasteiger partial charge on any atom is 0.509 e. The topological polar surface area (TPSA) is 114 Å². The van der Waals surface area contributed by atoms with Gasteiger partial charge in [-0.2, -0.15) is 0 Å². The maximum atomic E-state index is 11.8.